The van der Waals surface area contributed by atoms with Crippen LogP contribution in [-0.4, -0.2) is 52.9 Å². The third kappa shape index (κ3) is 2.84. The maximum atomic E-state index is 12.3. The highest BCUT2D eigenvalue weighted by Crippen LogP contribution is 2.21. The standard InChI is InChI=1S/C17H21N3O2/c1-18-12-14(15-4-2-3-5-16(15)18)6-7-17(22)20-10-8-19(13-21)9-11-20/h2-5,12-13H,6-11H2,1H3. The molecule has 0 spiro atoms. The van der Waals surface area contributed by atoms with Crippen LogP contribution in [0.3, 0.4) is 0 Å². The van der Waals surface area contributed by atoms with E-state index in [4.69, 9.17) is 0 Å². The summed E-state index contributed by atoms with van der Waals surface area (Å²) in [5.41, 5.74) is 2.42. The Hall–Kier alpha value is -2.30. The summed E-state index contributed by atoms with van der Waals surface area (Å²) >= 11 is 0. The fourth-order valence-electron chi connectivity index (χ4n) is 3.10. The molecule has 0 aliphatic carbocycles. The van der Waals surface area contributed by atoms with Gasteiger partial charge in [-0.15, -0.1) is 0 Å². The van der Waals surface area contributed by atoms with Crippen molar-refractivity contribution in [3.8, 4) is 0 Å². The predicted octanol–water partition coefficient (Wildman–Crippen LogP) is 1.41. The largest absolute Gasteiger partial charge is 0.350 e. The smallest absolute Gasteiger partial charge is 0.223 e. The summed E-state index contributed by atoms with van der Waals surface area (Å²) in [6.45, 7) is 2.58. The number of amides is 2. The highest BCUT2D eigenvalue weighted by molar-refractivity contribution is 5.85. The Morgan fingerprint density at radius 3 is 2.64 bits per heavy atom. The summed E-state index contributed by atoms with van der Waals surface area (Å²) in [6.07, 6.45) is 4.25. The van der Waals surface area contributed by atoms with E-state index in [0.29, 0.717) is 32.6 Å². The Morgan fingerprint density at radius 2 is 1.91 bits per heavy atom. The highest BCUT2D eigenvalue weighted by Gasteiger charge is 2.20. The molecule has 2 aromatic rings. The lowest BCUT2D eigenvalue weighted by Crippen LogP contribution is -2.48. The Bertz CT molecular complexity index is 684. The number of carbonyl (C=O) groups excluding carboxylic acids is 2. The van der Waals surface area contributed by atoms with Crippen LogP contribution in [0.2, 0.25) is 0 Å². The Labute approximate surface area is 130 Å². The van der Waals surface area contributed by atoms with Gasteiger partial charge < -0.3 is 14.4 Å². The minimum Gasteiger partial charge on any atom is -0.350 e. The molecule has 0 N–H and O–H groups in total. The molecule has 3 rings (SSSR count). The van der Waals surface area contributed by atoms with Crippen molar-refractivity contribution < 1.29 is 9.59 Å². The van der Waals surface area contributed by atoms with Crippen LogP contribution in [0.15, 0.2) is 30.5 Å². The number of piperazine rings is 1. The van der Waals surface area contributed by atoms with E-state index in [0.717, 1.165) is 12.8 Å². The van der Waals surface area contributed by atoms with Crippen molar-refractivity contribution in [3.05, 3.63) is 36.0 Å². The van der Waals surface area contributed by atoms with Crippen LogP contribution in [0.5, 0.6) is 0 Å². The van der Waals surface area contributed by atoms with Crippen LogP contribution in [-0.2, 0) is 23.1 Å². The van der Waals surface area contributed by atoms with Gasteiger partial charge in [-0.05, 0) is 18.1 Å². The molecule has 0 saturated carbocycles. The summed E-state index contributed by atoms with van der Waals surface area (Å²) in [5, 5.41) is 1.23. The average molecular weight is 299 g/mol. The minimum atomic E-state index is 0.179. The summed E-state index contributed by atoms with van der Waals surface area (Å²) in [7, 11) is 2.03. The first-order chi connectivity index (χ1) is 10.7. The second kappa shape index (κ2) is 6.22. The van der Waals surface area contributed by atoms with Crippen LogP contribution < -0.4 is 0 Å². The lowest BCUT2D eigenvalue weighted by atomic mass is 10.1. The molecule has 2 amide bonds. The monoisotopic (exact) mass is 299 g/mol. The van der Waals surface area contributed by atoms with Crippen LogP contribution in [0.1, 0.15) is 12.0 Å². The summed E-state index contributed by atoms with van der Waals surface area (Å²) < 4.78 is 2.11. The Kier molecular flexibility index (Phi) is 4.13. The van der Waals surface area contributed by atoms with E-state index in [2.05, 4.69) is 22.9 Å². The fourth-order valence-corrected chi connectivity index (χ4v) is 3.10. The van der Waals surface area contributed by atoms with Gasteiger partial charge in [-0.3, -0.25) is 9.59 Å². The van der Waals surface area contributed by atoms with E-state index in [1.807, 2.05) is 24.1 Å². The first-order valence-corrected chi connectivity index (χ1v) is 7.69. The SMILES string of the molecule is Cn1cc(CCC(=O)N2CCN(C=O)CC2)c2ccccc21. The zero-order valence-corrected chi connectivity index (χ0v) is 12.9. The molecule has 1 aromatic carbocycles. The summed E-state index contributed by atoms with van der Waals surface area (Å²) in [5.74, 6) is 0.179. The second-order valence-corrected chi connectivity index (χ2v) is 5.80. The molecule has 2 heterocycles. The van der Waals surface area contributed by atoms with E-state index in [-0.39, 0.29) is 5.91 Å². The Balaban J connectivity index is 1.62. The van der Waals surface area contributed by atoms with Crippen molar-refractivity contribution >= 4 is 23.2 Å². The van der Waals surface area contributed by atoms with Crippen LogP contribution in [0.25, 0.3) is 10.9 Å². The molecule has 0 unspecified atom stereocenters. The zero-order valence-electron chi connectivity index (χ0n) is 12.9. The van der Waals surface area contributed by atoms with E-state index >= 15 is 0 Å². The number of carbonyl (C=O) groups is 2. The average Bonchev–Trinajstić information content (AvgIpc) is 2.89. The maximum absolute atomic E-state index is 12.3. The van der Waals surface area contributed by atoms with Crippen molar-refractivity contribution in [2.24, 2.45) is 7.05 Å². The molecule has 1 fully saturated rings. The lowest BCUT2D eigenvalue weighted by Gasteiger charge is -2.32. The number of benzene rings is 1. The number of fused-ring (bicyclic) bond motifs is 1. The molecule has 5 heteroatoms. The van der Waals surface area contributed by atoms with Gasteiger partial charge in [0.25, 0.3) is 0 Å². The normalized spacial score (nSPS) is 15.3. The van der Waals surface area contributed by atoms with Crippen molar-refractivity contribution in [2.45, 2.75) is 12.8 Å². The number of para-hydroxylation sites is 1. The van der Waals surface area contributed by atoms with E-state index in [1.165, 1.54) is 16.5 Å². The minimum absolute atomic E-state index is 0.179. The van der Waals surface area contributed by atoms with Gasteiger partial charge in [-0.2, -0.15) is 0 Å². The molecule has 0 radical (unpaired) electrons. The number of nitrogens with zero attached hydrogens (tertiary/aromatic N) is 3. The molecule has 1 aliphatic heterocycles. The lowest BCUT2D eigenvalue weighted by molar-refractivity contribution is -0.135. The number of rotatable bonds is 4. The third-order valence-corrected chi connectivity index (χ3v) is 4.40. The van der Waals surface area contributed by atoms with Crippen LogP contribution in [0.4, 0.5) is 0 Å². The van der Waals surface area contributed by atoms with Crippen molar-refractivity contribution in [2.75, 3.05) is 26.2 Å². The molecule has 22 heavy (non-hydrogen) atoms. The van der Waals surface area contributed by atoms with E-state index in [9.17, 15) is 9.59 Å². The summed E-state index contributed by atoms with van der Waals surface area (Å²) in [6, 6.07) is 8.27. The molecule has 5 nitrogen and oxygen atoms in total. The number of aryl methyl sites for hydroxylation is 2. The van der Waals surface area contributed by atoms with Gasteiger partial charge in [0, 0.05) is 56.7 Å². The van der Waals surface area contributed by atoms with Gasteiger partial charge >= 0.3 is 0 Å². The number of hydrogen-bond acceptors (Lipinski definition) is 2. The topological polar surface area (TPSA) is 45.6 Å². The van der Waals surface area contributed by atoms with Crippen LogP contribution >= 0.6 is 0 Å². The van der Waals surface area contributed by atoms with Gasteiger partial charge in [-0.25, -0.2) is 0 Å². The first-order valence-electron chi connectivity index (χ1n) is 7.69. The molecule has 0 bridgehead atoms. The maximum Gasteiger partial charge on any atom is 0.223 e. The van der Waals surface area contributed by atoms with Crippen molar-refractivity contribution in [3.63, 3.8) is 0 Å². The molecular formula is C17H21N3O2. The van der Waals surface area contributed by atoms with E-state index in [1.54, 1.807) is 4.90 Å². The quantitative estimate of drug-likeness (QED) is 0.801. The van der Waals surface area contributed by atoms with Crippen molar-refractivity contribution in [1.82, 2.24) is 14.4 Å². The first kappa shape index (κ1) is 14.6. The summed E-state index contributed by atoms with van der Waals surface area (Å²) in [4.78, 5) is 26.6. The molecule has 116 valence electrons. The van der Waals surface area contributed by atoms with Gasteiger partial charge in [0.15, 0.2) is 0 Å². The molecule has 1 aromatic heterocycles. The third-order valence-electron chi connectivity index (χ3n) is 4.40. The molecule has 1 aliphatic rings. The van der Waals surface area contributed by atoms with Gasteiger partial charge in [0.1, 0.15) is 0 Å². The molecular weight excluding hydrogens is 278 g/mol. The fraction of sp³-hybridized carbons (Fsp3) is 0.412. The Morgan fingerprint density at radius 1 is 1.18 bits per heavy atom. The highest BCUT2D eigenvalue weighted by atomic mass is 16.2. The number of aromatic nitrogens is 1. The zero-order chi connectivity index (χ0) is 15.5. The molecule has 1 saturated heterocycles. The van der Waals surface area contributed by atoms with Crippen molar-refractivity contribution in [1.29, 1.82) is 0 Å². The van der Waals surface area contributed by atoms with Crippen LogP contribution in [0, 0.1) is 0 Å². The number of hydrogen-bond donors (Lipinski definition) is 0. The predicted molar refractivity (Wildman–Crippen MR) is 85.5 cm³/mol. The second-order valence-electron chi connectivity index (χ2n) is 5.80. The van der Waals surface area contributed by atoms with Gasteiger partial charge in [0.05, 0.1) is 0 Å². The molecule has 0 atom stereocenters. The van der Waals surface area contributed by atoms with Gasteiger partial charge in [-0.1, -0.05) is 18.2 Å². The van der Waals surface area contributed by atoms with E-state index < -0.39 is 0 Å². The van der Waals surface area contributed by atoms with Gasteiger partial charge in [0.2, 0.25) is 12.3 Å².